The molecule has 2 nitrogen and oxygen atoms in total. The van der Waals surface area contributed by atoms with Crippen molar-refractivity contribution in [3.8, 4) is 0 Å². The number of allylic oxidation sites excluding steroid dienone is 1. The Hall–Kier alpha value is -0.340. The van der Waals surface area contributed by atoms with E-state index in [-0.39, 0.29) is 0 Å². The van der Waals surface area contributed by atoms with E-state index in [0.29, 0.717) is 6.42 Å². The summed E-state index contributed by atoms with van der Waals surface area (Å²) >= 11 is 0. The zero-order valence-electron chi connectivity index (χ0n) is 5.54. The van der Waals surface area contributed by atoms with Crippen molar-refractivity contribution >= 4 is 0 Å². The normalized spacial score (nSPS) is 43.2. The Bertz CT molecular complexity index is 127. The van der Waals surface area contributed by atoms with Crippen LogP contribution in [0.4, 0.5) is 0 Å². The molecule has 2 unspecified atom stereocenters. The lowest BCUT2D eigenvalue weighted by Gasteiger charge is -2.28. The molecule has 0 bridgehead atoms. The fraction of sp³-hybridized carbons (Fsp3) is 0.714. The molecule has 0 saturated carbocycles. The van der Waals surface area contributed by atoms with E-state index in [4.69, 9.17) is 5.11 Å². The molecule has 0 fully saturated rings. The highest BCUT2D eigenvalue weighted by molar-refractivity contribution is 5.06. The number of hydrogen-bond donors (Lipinski definition) is 2. The quantitative estimate of drug-likeness (QED) is 0.465. The Morgan fingerprint density at radius 2 is 2.33 bits per heavy atom. The van der Waals surface area contributed by atoms with Crippen LogP contribution in [-0.4, -0.2) is 21.9 Å². The molecule has 9 heavy (non-hydrogen) atoms. The van der Waals surface area contributed by atoms with Gasteiger partial charge < -0.3 is 10.2 Å². The highest BCUT2D eigenvalue weighted by atomic mass is 16.3. The van der Waals surface area contributed by atoms with Gasteiger partial charge in [-0.15, -0.1) is 0 Å². The van der Waals surface area contributed by atoms with Gasteiger partial charge in [0, 0.05) is 0 Å². The molecular formula is C7H12O2. The molecule has 0 aromatic rings. The van der Waals surface area contributed by atoms with Crippen molar-refractivity contribution in [1.29, 1.82) is 0 Å². The fourth-order valence-corrected chi connectivity index (χ4v) is 0.979. The van der Waals surface area contributed by atoms with E-state index < -0.39 is 11.7 Å². The average molecular weight is 128 g/mol. The molecule has 0 aromatic carbocycles. The van der Waals surface area contributed by atoms with Gasteiger partial charge in [-0.3, -0.25) is 0 Å². The second-order valence-corrected chi connectivity index (χ2v) is 2.72. The van der Waals surface area contributed by atoms with Gasteiger partial charge in [-0.25, -0.2) is 0 Å². The fourth-order valence-electron chi connectivity index (χ4n) is 0.979. The Morgan fingerprint density at radius 3 is 2.67 bits per heavy atom. The summed E-state index contributed by atoms with van der Waals surface area (Å²) in [6, 6.07) is 0. The van der Waals surface area contributed by atoms with Gasteiger partial charge in [-0.1, -0.05) is 12.2 Å². The van der Waals surface area contributed by atoms with E-state index in [1.807, 2.05) is 6.08 Å². The minimum absolute atomic E-state index is 0.581. The predicted molar refractivity (Wildman–Crippen MR) is 35.0 cm³/mol. The van der Waals surface area contributed by atoms with Crippen molar-refractivity contribution in [2.24, 2.45) is 0 Å². The lowest BCUT2D eigenvalue weighted by atomic mass is 9.90. The largest absolute Gasteiger partial charge is 0.390 e. The van der Waals surface area contributed by atoms with E-state index in [1.54, 1.807) is 13.0 Å². The zero-order valence-corrected chi connectivity index (χ0v) is 5.54. The van der Waals surface area contributed by atoms with Crippen molar-refractivity contribution in [3.05, 3.63) is 12.2 Å². The second-order valence-electron chi connectivity index (χ2n) is 2.72. The lowest BCUT2D eigenvalue weighted by molar-refractivity contribution is -0.0342. The van der Waals surface area contributed by atoms with E-state index in [0.717, 1.165) is 6.42 Å². The van der Waals surface area contributed by atoms with Gasteiger partial charge in [0.05, 0.1) is 6.10 Å². The molecule has 0 aromatic heterocycles. The van der Waals surface area contributed by atoms with Crippen LogP contribution in [0.2, 0.25) is 0 Å². The van der Waals surface area contributed by atoms with E-state index in [2.05, 4.69) is 0 Å². The molecule has 1 aliphatic rings. The van der Waals surface area contributed by atoms with E-state index in [1.165, 1.54) is 0 Å². The maximum atomic E-state index is 9.31. The number of hydrogen-bond acceptors (Lipinski definition) is 2. The molecular weight excluding hydrogens is 116 g/mol. The maximum Gasteiger partial charge on any atom is 0.106 e. The summed E-state index contributed by atoms with van der Waals surface area (Å²) in [7, 11) is 0. The van der Waals surface area contributed by atoms with E-state index in [9.17, 15) is 5.11 Å². The van der Waals surface area contributed by atoms with Gasteiger partial charge >= 0.3 is 0 Å². The number of aliphatic hydroxyl groups is 2. The third-order valence-corrected chi connectivity index (χ3v) is 1.74. The minimum Gasteiger partial charge on any atom is -0.390 e. The zero-order chi connectivity index (χ0) is 6.91. The van der Waals surface area contributed by atoms with Crippen LogP contribution >= 0.6 is 0 Å². The maximum absolute atomic E-state index is 9.31. The molecule has 2 heteroatoms. The first-order chi connectivity index (χ1) is 4.13. The molecule has 1 aliphatic carbocycles. The predicted octanol–water partition coefficient (Wildman–Crippen LogP) is 0.448. The summed E-state index contributed by atoms with van der Waals surface area (Å²) in [5, 5.41) is 18.4. The van der Waals surface area contributed by atoms with Gasteiger partial charge in [-0.05, 0) is 19.8 Å². The van der Waals surface area contributed by atoms with Crippen LogP contribution < -0.4 is 0 Å². The lowest BCUT2D eigenvalue weighted by Crippen LogP contribution is -2.38. The molecule has 0 amide bonds. The molecule has 0 spiro atoms. The summed E-state index contributed by atoms with van der Waals surface area (Å²) < 4.78 is 0. The molecule has 0 aliphatic heterocycles. The summed E-state index contributed by atoms with van der Waals surface area (Å²) in [6.07, 6.45) is 4.51. The van der Waals surface area contributed by atoms with Crippen molar-refractivity contribution in [3.63, 3.8) is 0 Å². The van der Waals surface area contributed by atoms with Crippen LogP contribution in [0.15, 0.2) is 12.2 Å². The third kappa shape index (κ3) is 1.32. The van der Waals surface area contributed by atoms with Crippen LogP contribution in [0, 0.1) is 0 Å². The average Bonchev–Trinajstić information content (AvgIpc) is 1.77. The van der Waals surface area contributed by atoms with Crippen LogP contribution in [-0.2, 0) is 0 Å². The van der Waals surface area contributed by atoms with Gasteiger partial charge in [0.25, 0.3) is 0 Å². The minimum atomic E-state index is -0.988. The van der Waals surface area contributed by atoms with Crippen LogP contribution in [0.5, 0.6) is 0 Å². The Kier molecular flexibility index (Phi) is 1.60. The monoisotopic (exact) mass is 128 g/mol. The molecule has 2 atom stereocenters. The number of rotatable bonds is 0. The van der Waals surface area contributed by atoms with Gasteiger partial charge in [0.15, 0.2) is 0 Å². The summed E-state index contributed by atoms with van der Waals surface area (Å²) in [4.78, 5) is 0. The molecule has 2 N–H and O–H groups in total. The number of aliphatic hydroxyl groups excluding tert-OH is 1. The smallest absolute Gasteiger partial charge is 0.106 e. The van der Waals surface area contributed by atoms with Crippen molar-refractivity contribution in [2.45, 2.75) is 31.5 Å². The van der Waals surface area contributed by atoms with Crippen LogP contribution in [0.3, 0.4) is 0 Å². The van der Waals surface area contributed by atoms with Gasteiger partial charge in [0.2, 0.25) is 0 Å². The van der Waals surface area contributed by atoms with Gasteiger partial charge in [-0.2, -0.15) is 0 Å². The molecule has 0 radical (unpaired) electrons. The summed E-state index contributed by atoms with van der Waals surface area (Å²) in [6.45, 7) is 1.62. The van der Waals surface area contributed by atoms with Crippen molar-refractivity contribution in [1.82, 2.24) is 0 Å². The molecule has 0 heterocycles. The molecule has 52 valence electrons. The van der Waals surface area contributed by atoms with Crippen molar-refractivity contribution in [2.75, 3.05) is 0 Å². The first-order valence-electron chi connectivity index (χ1n) is 3.21. The summed E-state index contributed by atoms with van der Waals surface area (Å²) in [5.41, 5.74) is -0.988. The van der Waals surface area contributed by atoms with Gasteiger partial charge in [0.1, 0.15) is 5.60 Å². The van der Waals surface area contributed by atoms with Crippen molar-refractivity contribution < 1.29 is 10.2 Å². The SMILES string of the molecule is CC1(O)C=CCCC1O. The van der Waals surface area contributed by atoms with E-state index >= 15 is 0 Å². The Morgan fingerprint density at radius 1 is 1.67 bits per heavy atom. The highest BCUT2D eigenvalue weighted by Gasteiger charge is 2.28. The van der Waals surface area contributed by atoms with Crippen LogP contribution in [0.1, 0.15) is 19.8 Å². The Labute approximate surface area is 54.8 Å². The highest BCUT2D eigenvalue weighted by Crippen LogP contribution is 2.21. The van der Waals surface area contributed by atoms with Crippen LogP contribution in [0.25, 0.3) is 0 Å². The standard InChI is InChI=1S/C7H12O2/c1-7(9)5-3-2-4-6(7)8/h3,5-6,8-9H,2,4H2,1H3. The summed E-state index contributed by atoms with van der Waals surface area (Å²) in [5.74, 6) is 0. The second kappa shape index (κ2) is 2.12. The topological polar surface area (TPSA) is 40.5 Å². The Balaban J connectivity index is 2.68. The molecule has 1 rings (SSSR count). The first kappa shape index (κ1) is 6.78. The molecule has 0 saturated heterocycles. The first-order valence-corrected chi connectivity index (χ1v) is 3.21. The third-order valence-electron chi connectivity index (χ3n) is 1.74.